The molecule has 0 amide bonds. The average molecular weight is 1050 g/mol. The van der Waals surface area contributed by atoms with Gasteiger partial charge in [0.1, 0.15) is 13.2 Å². The third-order valence-corrected chi connectivity index (χ3v) is 13.2. The van der Waals surface area contributed by atoms with E-state index in [4.69, 9.17) is 14.2 Å². The van der Waals surface area contributed by atoms with Gasteiger partial charge in [-0.25, -0.2) is 0 Å². The Kier molecular flexibility index (Phi) is 59.9. The molecule has 0 aromatic rings. The molecule has 0 saturated carbocycles. The van der Waals surface area contributed by atoms with Crippen molar-refractivity contribution >= 4 is 17.9 Å². The summed E-state index contributed by atoms with van der Waals surface area (Å²) in [7, 11) is 0. The van der Waals surface area contributed by atoms with Crippen molar-refractivity contribution in [2.75, 3.05) is 13.2 Å². The monoisotopic (exact) mass is 1050 g/mol. The van der Waals surface area contributed by atoms with E-state index in [9.17, 15) is 14.4 Å². The number of carbonyl (C=O) groups excluding carboxylic acids is 3. The first-order valence-electron chi connectivity index (χ1n) is 31.5. The van der Waals surface area contributed by atoms with Crippen LogP contribution in [0, 0.1) is 0 Å². The first-order chi connectivity index (χ1) is 37.5. The second-order valence-corrected chi connectivity index (χ2v) is 20.6. The zero-order valence-corrected chi connectivity index (χ0v) is 49.5. The van der Waals surface area contributed by atoms with E-state index in [2.05, 4.69) is 136 Å². The van der Waals surface area contributed by atoms with Crippen molar-refractivity contribution in [2.24, 2.45) is 0 Å². The quantitative estimate of drug-likeness (QED) is 0.0261. The van der Waals surface area contributed by atoms with Crippen LogP contribution < -0.4 is 0 Å². The van der Waals surface area contributed by atoms with E-state index in [-0.39, 0.29) is 31.6 Å². The molecule has 6 heteroatoms. The van der Waals surface area contributed by atoms with Crippen molar-refractivity contribution in [3.05, 3.63) is 122 Å². The molecule has 0 aliphatic rings. The van der Waals surface area contributed by atoms with Crippen LogP contribution in [0.25, 0.3) is 0 Å². The molecule has 0 aliphatic carbocycles. The smallest absolute Gasteiger partial charge is 0.306 e. The Hall–Kier alpha value is -4.19. The summed E-state index contributed by atoms with van der Waals surface area (Å²) in [6.45, 7) is 6.43. The van der Waals surface area contributed by atoms with Crippen LogP contribution in [-0.4, -0.2) is 37.2 Å². The molecule has 0 aromatic heterocycles. The summed E-state index contributed by atoms with van der Waals surface area (Å²) >= 11 is 0. The Morgan fingerprint density at radius 3 is 0.895 bits per heavy atom. The molecule has 0 saturated heterocycles. The van der Waals surface area contributed by atoms with Crippen LogP contribution in [0.2, 0.25) is 0 Å². The molecule has 1 atom stereocenters. The molecular weight excluding hydrogens is 937 g/mol. The number of esters is 3. The van der Waals surface area contributed by atoms with E-state index in [0.717, 1.165) is 103 Å². The van der Waals surface area contributed by atoms with Gasteiger partial charge in [0.25, 0.3) is 0 Å². The lowest BCUT2D eigenvalue weighted by Crippen LogP contribution is -2.30. The van der Waals surface area contributed by atoms with Gasteiger partial charge in [0.05, 0.1) is 0 Å². The largest absolute Gasteiger partial charge is 0.462 e. The zero-order chi connectivity index (χ0) is 55.0. The van der Waals surface area contributed by atoms with Crippen LogP contribution in [0.15, 0.2) is 122 Å². The Labute approximate surface area is 469 Å². The van der Waals surface area contributed by atoms with Crippen LogP contribution in [0.1, 0.15) is 284 Å². The van der Waals surface area contributed by atoms with Crippen molar-refractivity contribution in [3.8, 4) is 0 Å². The maximum Gasteiger partial charge on any atom is 0.306 e. The van der Waals surface area contributed by atoms with E-state index < -0.39 is 12.1 Å². The van der Waals surface area contributed by atoms with Gasteiger partial charge in [-0.1, -0.05) is 264 Å². The van der Waals surface area contributed by atoms with E-state index in [1.165, 1.54) is 135 Å². The number of ether oxygens (including phenoxy) is 3. The summed E-state index contributed by atoms with van der Waals surface area (Å²) in [6, 6.07) is 0. The van der Waals surface area contributed by atoms with E-state index in [0.29, 0.717) is 19.3 Å². The van der Waals surface area contributed by atoms with Gasteiger partial charge in [-0.05, 0) is 122 Å². The fourth-order valence-corrected chi connectivity index (χ4v) is 8.47. The number of hydrogen-bond donors (Lipinski definition) is 0. The molecule has 0 heterocycles. The minimum atomic E-state index is -0.826. The summed E-state index contributed by atoms with van der Waals surface area (Å²) in [5.74, 6) is -1.01. The van der Waals surface area contributed by atoms with E-state index in [1.807, 2.05) is 6.08 Å². The lowest BCUT2D eigenvalue weighted by atomic mass is 10.0. The Balaban J connectivity index is 4.38. The zero-order valence-electron chi connectivity index (χ0n) is 49.5. The third kappa shape index (κ3) is 60.7. The van der Waals surface area contributed by atoms with Gasteiger partial charge in [-0.2, -0.15) is 0 Å². The standard InChI is InChI=1S/C70H116O6/c1-4-7-10-13-16-19-22-25-27-29-31-32-33-34-35-36-37-38-40-41-43-45-48-51-54-57-60-63-69(72)75-66-67(65-74-68(71)62-59-56-53-50-47-24-21-18-15-12-9-6-3)76-70(73)64-61-58-55-52-49-46-44-42-39-30-28-26-23-20-17-14-11-8-5-2/h8,11,17-18,20-22,25-26,28-29,31,33-34,39,42,46,49,55,58,67H,4-7,9-10,12-16,19,23-24,27,30,32,35-38,40-41,43-45,47-48,50-54,56-57,59-66H2,1-3H3/b11-8-,20-17-,21-18-,25-22-,28-26-,31-29-,34-33-,42-39-,49-46-,58-55-. The van der Waals surface area contributed by atoms with Crippen molar-refractivity contribution in [1.29, 1.82) is 0 Å². The van der Waals surface area contributed by atoms with Crippen molar-refractivity contribution < 1.29 is 28.6 Å². The lowest BCUT2D eigenvalue weighted by molar-refractivity contribution is -0.166. The first-order valence-corrected chi connectivity index (χ1v) is 31.5. The third-order valence-electron chi connectivity index (χ3n) is 13.2. The second kappa shape index (κ2) is 63.3. The topological polar surface area (TPSA) is 78.9 Å². The van der Waals surface area contributed by atoms with Crippen LogP contribution in [0.4, 0.5) is 0 Å². The van der Waals surface area contributed by atoms with E-state index in [1.54, 1.807) is 0 Å². The number of rotatable bonds is 56. The van der Waals surface area contributed by atoms with Gasteiger partial charge in [0.15, 0.2) is 6.10 Å². The van der Waals surface area contributed by atoms with Gasteiger partial charge >= 0.3 is 17.9 Å². The summed E-state index contributed by atoms with van der Waals surface area (Å²) in [6.07, 6.45) is 87.9. The van der Waals surface area contributed by atoms with Crippen molar-refractivity contribution in [3.63, 3.8) is 0 Å². The van der Waals surface area contributed by atoms with Crippen LogP contribution >= 0.6 is 0 Å². The highest BCUT2D eigenvalue weighted by Gasteiger charge is 2.19. The van der Waals surface area contributed by atoms with Crippen molar-refractivity contribution in [2.45, 2.75) is 290 Å². The van der Waals surface area contributed by atoms with Crippen LogP contribution in [-0.2, 0) is 28.6 Å². The summed E-state index contributed by atoms with van der Waals surface area (Å²) in [4.78, 5) is 38.2. The maximum atomic E-state index is 12.8. The molecule has 0 fully saturated rings. The first kappa shape index (κ1) is 71.8. The summed E-state index contributed by atoms with van der Waals surface area (Å²) < 4.78 is 16.8. The highest BCUT2D eigenvalue weighted by atomic mass is 16.6. The molecule has 0 aliphatic heterocycles. The molecule has 6 nitrogen and oxygen atoms in total. The van der Waals surface area contributed by atoms with Gasteiger partial charge in [-0.15, -0.1) is 0 Å². The lowest BCUT2D eigenvalue weighted by Gasteiger charge is -2.18. The molecular formula is C70H116O6. The number of allylic oxidation sites excluding steroid dienone is 20. The SMILES string of the molecule is CC/C=C\C/C=C\C/C=C\C/C=C\C/C=C\C/C=C\CCC(=O)OC(COC(=O)CCCCCCC/C=C\CCCCC)COC(=O)CCCCCCCCCCCCCC/C=C\C/C=C\C/C=C\CCCCCCC. The van der Waals surface area contributed by atoms with E-state index >= 15 is 0 Å². The summed E-state index contributed by atoms with van der Waals surface area (Å²) in [5.41, 5.74) is 0. The molecule has 432 valence electrons. The number of hydrogen-bond acceptors (Lipinski definition) is 6. The second-order valence-electron chi connectivity index (χ2n) is 20.6. The molecule has 0 rings (SSSR count). The predicted octanol–water partition coefficient (Wildman–Crippen LogP) is 21.6. The fourth-order valence-electron chi connectivity index (χ4n) is 8.47. The maximum absolute atomic E-state index is 12.8. The van der Waals surface area contributed by atoms with Gasteiger partial charge in [0.2, 0.25) is 0 Å². The van der Waals surface area contributed by atoms with Crippen LogP contribution in [0.3, 0.4) is 0 Å². The fraction of sp³-hybridized carbons (Fsp3) is 0.671. The minimum Gasteiger partial charge on any atom is -0.462 e. The minimum absolute atomic E-state index is 0.114. The molecule has 76 heavy (non-hydrogen) atoms. The number of carbonyl (C=O) groups is 3. The molecule has 0 aromatic carbocycles. The van der Waals surface area contributed by atoms with Crippen LogP contribution in [0.5, 0.6) is 0 Å². The Morgan fingerprint density at radius 1 is 0.276 bits per heavy atom. The highest BCUT2D eigenvalue weighted by molar-refractivity contribution is 5.71. The normalized spacial score (nSPS) is 12.9. The Morgan fingerprint density at radius 2 is 0.539 bits per heavy atom. The van der Waals surface area contributed by atoms with Crippen molar-refractivity contribution in [1.82, 2.24) is 0 Å². The molecule has 0 N–H and O–H groups in total. The molecule has 1 unspecified atom stereocenters. The predicted molar refractivity (Wildman–Crippen MR) is 330 cm³/mol. The highest BCUT2D eigenvalue weighted by Crippen LogP contribution is 2.15. The van der Waals surface area contributed by atoms with Gasteiger partial charge in [-0.3, -0.25) is 14.4 Å². The van der Waals surface area contributed by atoms with Gasteiger partial charge in [0, 0.05) is 19.3 Å². The average Bonchev–Trinajstić information content (AvgIpc) is 3.42. The molecule has 0 radical (unpaired) electrons. The molecule has 0 spiro atoms. The number of unbranched alkanes of at least 4 members (excludes halogenated alkanes) is 25. The Bertz CT molecular complexity index is 1590. The summed E-state index contributed by atoms with van der Waals surface area (Å²) in [5, 5.41) is 0. The molecule has 0 bridgehead atoms. The van der Waals surface area contributed by atoms with Gasteiger partial charge < -0.3 is 14.2 Å².